The second-order valence-electron chi connectivity index (χ2n) is 5.70. The number of carbonyl (C=O) groups excluding carboxylic acids is 1. The summed E-state index contributed by atoms with van der Waals surface area (Å²) < 4.78 is 5.76. The van der Waals surface area contributed by atoms with E-state index in [9.17, 15) is 4.79 Å². The number of para-hydroxylation sites is 1. The zero-order chi connectivity index (χ0) is 14.2. The first-order valence-corrected chi connectivity index (χ1v) is 8.24. The molecule has 0 fully saturated rings. The molecule has 0 N–H and O–H groups in total. The van der Waals surface area contributed by atoms with Crippen LogP contribution < -0.4 is 4.74 Å². The van der Waals surface area contributed by atoms with E-state index in [-0.39, 0.29) is 11.8 Å². The Hall–Kier alpha value is -1.81. The van der Waals surface area contributed by atoms with Gasteiger partial charge in [-0.25, -0.2) is 0 Å². The van der Waals surface area contributed by atoms with Crippen molar-refractivity contribution < 1.29 is 9.53 Å². The number of rotatable bonds is 1. The van der Waals surface area contributed by atoms with Crippen molar-refractivity contribution in [2.45, 2.75) is 19.4 Å². The van der Waals surface area contributed by atoms with Gasteiger partial charge >= 0.3 is 0 Å². The quantitative estimate of drug-likeness (QED) is 0.810. The molecule has 3 heterocycles. The number of hydrogen-bond donors (Lipinski definition) is 0. The van der Waals surface area contributed by atoms with Crippen LogP contribution in [0.3, 0.4) is 0 Å². The van der Waals surface area contributed by atoms with Crippen molar-refractivity contribution in [2.24, 2.45) is 5.92 Å². The molecule has 4 rings (SSSR count). The van der Waals surface area contributed by atoms with Crippen LogP contribution in [-0.4, -0.2) is 24.0 Å². The molecule has 1 aromatic carbocycles. The molecule has 0 spiro atoms. The van der Waals surface area contributed by atoms with E-state index >= 15 is 0 Å². The average molecular weight is 299 g/mol. The average Bonchev–Trinajstić information content (AvgIpc) is 3.01. The smallest absolute Gasteiger partial charge is 0.229 e. The number of ether oxygens (including phenoxy) is 1. The molecule has 0 bridgehead atoms. The van der Waals surface area contributed by atoms with Crippen molar-refractivity contribution >= 4 is 17.2 Å². The molecule has 2 aliphatic rings. The van der Waals surface area contributed by atoms with Crippen molar-refractivity contribution in [1.29, 1.82) is 0 Å². The highest BCUT2D eigenvalue weighted by molar-refractivity contribution is 7.10. The molecule has 108 valence electrons. The topological polar surface area (TPSA) is 29.5 Å². The van der Waals surface area contributed by atoms with Gasteiger partial charge in [-0.2, -0.15) is 0 Å². The Labute approximate surface area is 128 Å². The summed E-state index contributed by atoms with van der Waals surface area (Å²) in [7, 11) is 0. The molecule has 2 aromatic rings. The zero-order valence-corrected chi connectivity index (χ0v) is 12.6. The van der Waals surface area contributed by atoms with Crippen molar-refractivity contribution in [3.8, 4) is 5.75 Å². The van der Waals surface area contributed by atoms with Gasteiger partial charge in [0, 0.05) is 18.0 Å². The Kier molecular flexibility index (Phi) is 3.19. The summed E-state index contributed by atoms with van der Waals surface area (Å²) in [6, 6.07) is 10.2. The molecule has 4 heteroatoms. The normalized spacial score (nSPS) is 20.4. The first kappa shape index (κ1) is 12.9. The molecule has 1 atom stereocenters. The lowest BCUT2D eigenvalue weighted by molar-refractivity contribution is -0.137. The fourth-order valence-corrected chi connectivity index (χ4v) is 4.07. The summed E-state index contributed by atoms with van der Waals surface area (Å²) in [6.07, 6.45) is 1.78. The van der Waals surface area contributed by atoms with Crippen LogP contribution in [0.5, 0.6) is 5.75 Å². The van der Waals surface area contributed by atoms with E-state index in [1.807, 2.05) is 23.1 Å². The van der Waals surface area contributed by atoms with E-state index in [1.165, 1.54) is 10.4 Å². The van der Waals surface area contributed by atoms with Crippen LogP contribution in [-0.2, 0) is 24.2 Å². The van der Waals surface area contributed by atoms with Crippen molar-refractivity contribution in [3.05, 3.63) is 51.7 Å². The van der Waals surface area contributed by atoms with Gasteiger partial charge in [0.2, 0.25) is 5.91 Å². The van der Waals surface area contributed by atoms with E-state index in [4.69, 9.17) is 4.74 Å². The Morgan fingerprint density at radius 3 is 3.10 bits per heavy atom. The molecule has 0 saturated heterocycles. The second kappa shape index (κ2) is 5.19. The third kappa shape index (κ3) is 2.33. The summed E-state index contributed by atoms with van der Waals surface area (Å²) in [4.78, 5) is 16.2. The van der Waals surface area contributed by atoms with Gasteiger partial charge in [-0.1, -0.05) is 18.2 Å². The Morgan fingerprint density at radius 2 is 2.14 bits per heavy atom. The minimum Gasteiger partial charge on any atom is -0.492 e. The van der Waals surface area contributed by atoms with Crippen molar-refractivity contribution in [1.82, 2.24) is 4.90 Å². The fraction of sp³-hybridized carbons (Fsp3) is 0.353. The molecule has 1 aromatic heterocycles. The fourth-order valence-electron chi connectivity index (χ4n) is 3.18. The molecule has 0 saturated carbocycles. The summed E-state index contributed by atoms with van der Waals surface area (Å²) in [6.45, 7) is 2.10. The monoisotopic (exact) mass is 299 g/mol. The van der Waals surface area contributed by atoms with Crippen LogP contribution in [0.1, 0.15) is 16.0 Å². The van der Waals surface area contributed by atoms with Gasteiger partial charge < -0.3 is 9.64 Å². The van der Waals surface area contributed by atoms with Gasteiger partial charge in [0.1, 0.15) is 12.4 Å². The highest BCUT2D eigenvalue weighted by Gasteiger charge is 2.31. The molecule has 1 amide bonds. The number of fused-ring (bicyclic) bond motifs is 2. The van der Waals surface area contributed by atoms with E-state index in [0.717, 1.165) is 37.2 Å². The number of hydrogen-bond acceptors (Lipinski definition) is 3. The lowest BCUT2D eigenvalue weighted by atomic mass is 9.94. The molecular formula is C17H17NO2S. The minimum atomic E-state index is -0.0416. The van der Waals surface area contributed by atoms with E-state index in [0.29, 0.717) is 6.61 Å². The second-order valence-corrected chi connectivity index (χ2v) is 6.70. The van der Waals surface area contributed by atoms with Crippen molar-refractivity contribution in [2.75, 3.05) is 13.2 Å². The van der Waals surface area contributed by atoms with Gasteiger partial charge in [-0.05, 0) is 41.5 Å². The van der Waals surface area contributed by atoms with E-state index in [2.05, 4.69) is 17.5 Å². The van der Waals surface area contributed by atoms with Crippen molar-refractivity contribution in [3.63, 3.8) is 0 Å². The number of carbonyl (C=O) groups is 1. The van der Waals surface area contributed by atoms with Crippen LogP contribution in [0, 0.1) is 5.92 Å². The first-order valence-electron chi connectivity index (χ1n) is 7.36. The maximum atomic E-state index is 12.7. The summed E-state index contributed by atoms with van der Waals surface area (Å²) >= 11 is 1.80. The van der Waals surface area contributed by atoms with Gasteiger partial charge in [0.25, 0.3) is 0 Å². The van der Waals surface area contributed by atoms with Crippen LogP contribution in [0.2, 0.25) is 0 Å². The predicted molar refractivity (Wildman–Crippen MR) is 82.6 cm³/mol. The molecule has 2 aliphatic heterocycles. The Bertz CT molecular complexity index is 679. The third-order valence-electron chi connectivity index (χ3n) is 4.35. The summed E-state index contributed by atoms with van der Waals surface area (Å²) in [5, 5.41) is 2.12. The lowest BCUT2D eigenvalue weighted by Gasteiger charge is -2.32. The van der Waals surface area contributed by atoms with Crippen LogP contribution in [0.15, 0.2) is 35.7 Å². The molecule has 21 heavy (non-hydrogen) atoms. The lowest BCUT2D eigenvalue weighted by Crippen LogP contribution is -2.42. The molecule has 0 radical (unpaired) electrons. The molecule has 0 unspecified atom stereocenters. The number of benzene rings is 1. The predicted octanol–water partition coefficient (Wildman–Crippen LogP) is 2.88. The van der Waals surface area contributed by atoms with Gasteiger partial charge in [-0.3, -0.25) is 4.79 Å². The largest absolute Gasteiger partial charge is 0.492 e. The van der Waals surface area contributed by atoms with Gasteiger partial charge in [-0.15, -0.1) is 11.3 Å². The maximum absolute atomic E-state index is 12.7. The molecule has 0 aliphatic carbocycles. The van der Waals surface area contributed by atoms with Crippen LogP contribution >= 0.6 is 11.3 Å². The number of thiophene rings is 1. The highest BCUT2D eigenvalue weighted by Crippen LogP contribution is 2.30. The SMILES string of the molecule is O=C([C@H]1COc2ccccc2C1)N1CCc2sccc2C1. The number of amides is 1. The summed E-state index contributed by atoms with van der Waals surface area (Å²) in [5.41, 5.74) is 2.46. The molecule has 3 nitrogen and oxygen atoms in total. The Morgan fingerprint density at radius 1 is 1.24 bits per heavy atom. The van der Waals surface area contributed by atoms with E-state index in [1.54, 1.807) is 11.3 Å². The first-order chi connectivity index (χ1) is 10.3. The summed E-state index contributed by atoms with van der Waals surface area (Å²) in [5.74, 6) is 1.13. The molecular weight excluding hydrogens is 282 g/mol. The van der Waals surface area contributed by atoms with Crippen LogP contribution in [0.4, 0.5) is 0 Å². The number of nitrogens with zero attached hydrogens (tertiary/aromatic N) is 1. The van der Waals surface area contributed by atoms with Gasteiger partial charge in [0.05, 0.1) is 5.92 Å². The Balaban J connectivity index is 1.49. The minimum absolute atomic E-state index is 0.0416. The highest BCUT2D eigenvalue weighted by atomic mass is 32.1. The third-order valence-corrected chi connectivity index (χ3v) is 5.37. The zero-order valence-electron chi connectivity index (χ0n) is 11.7. The van der Waals surface area contributed by atoms with Gasteiger partial charge in [0.15, 0.2) is 0 Å². The maximum Gasteiger partial charge on any atom is 0.229 e. The van der Waals surface area contributed by atoms with Crippen LogP contribution in [0.25, 0.3) is 0 Å². The standard InChI is InChI=1S/C17H17NO2S/c19-17(18-7-5-16-13(10-18)6-8-21-16)14-9-12-3-1-2-4-15(12)20-11-14/h1-4,6,8,14H,5,7,9-11H2/t14-/m1/s1. The van der Waals surface area contributed by atoms with E-state index < -0.39 is 0 Å².